The summed E-state index contributed by atoms with van der Waals surface area (Å²) >= 11 is 0. The first-order valence-electron chi connectivity index (χ1n) is 7.09. The Morgan fingerprint density at radius 1 is 1.19 bits per heavy atom. The first kappa shape index (κ1) is 13.8. The smallest absolute Gasteiger partial charge is 0.228 e. The van der Waals surface area contributed by atoms with Crippen LogP contribution in [0, 0.1) is 5.82 Å². The number of carbonyl (C=O) groups excluding carboxylic acids is 1. The van der Waals surface area contributed by atoms with Crippen LogP contribution in [-0.2, 0) is 24.2 Å². The van der Waals surface area contributed by atoms with Crippen molar-refractivity contribution in [2.24, 2.45) is 0 Å². The third kappa shape index (κ3) is 3.11. The lowest BCUT2D eigenvalue weighted by molar-refractivity contribution is -0.115. The Labute approximate surface area is 123 Å². The molecule has 1 aliphatic heterocycles. The fraction of sp³-hybridized carbons (Fsp3) is 0.235. The molecule has 0 atom stereocenters. The molecule has 0 bridgehead atoms. The average Bonchev–Trinajstić information content (AvgIpc) is 2.50. The summed E-state index contributed by atoms with van der Waals surface area (Å²) in [5, 5.41) is 6.20. The topological polar surface area (TPSA) is 41.1 Å². The summed E-state index contributed by atoms with van der Waals surface area (Å²) < 4.78 is 13.6. The number of nitrogens with one attached hydrogen (secondary N) is 2. The Bertz CT molecular complexity index is 670. The molecule has 108 valence electrons. The molecule has 1 aliphatic rings. The Balaban J connectivity index is 1.75. The van der Waals surface area contributed by atoms with Gasteiger partial charge < -0.3 is 10.6 Å². The number of hydrogen-bond donors (Lipinski definition) is 2. The zero-order chi connectivity index (χ0) is 14.7. The summed E-state index contributed by atoms with van der Waals surface area (Å²) in [7, 11) is 0. The summed E-state index contributed by atoms with van der Waals surface area (Å²) in [4.78, 5) is 12.1. The highest BCUT2D eigenvalue weighted by Crippen LogP contribution is 2.23. The fourth-order valence-corrected chi connectivity index (χ4v) is 2.64. The molecule has 0 saturated heterocycles. The molecule has 21 heavy (non-hydrogen) atoms. The van der Waals surface area contributed by atoms with E-state index in [2.05, 4.69) is 16.7 Å². The number of rotatable bonds is 3. The largest absolute Gasteiger partial charge is 0.325 e. The molecule has 2 aromatic carbocycles. The van der Waals surface area contributed by atoms with Gasteiger partial charge in [0.05, 0.1) is 6.42 Å². The molecule has 0 fully saturated rings. The molecule has 0 saturated carbocycles. The number of benzene rings is 2. The van der Waals surface area contributed by atoms with E-state index in [1.165, 1.54) is 11.6 Å². The maximum Gasteiger partial charge on any atom is 0.228 e. The molecule has 4 heteroatoms. The second-order valence-electron chi connectivity index (χ2n) is 5.19. The van der Waals surface area contributed by atoms with Crippen LogP contribution >= 0.6 is 0 Å². The van der Waals surface area contributed by atoms with Crippen molar-refractivity contribution in [2.75, 3.05) is 11.9 Å². The highest BCUT2D eigenvalue weighted by Gasteiger charge is 2.14. The van der Waals surface area contributed by atoms with E-state index >= 15 is 0 Å². The van der Waals surface area contributed by atoms with Crippen LogP contribution in [0.2, 0.25) is 0 Å². The lowest BCUT2D eigenvalue weighted by Crippen LogP contribution is -2.26. The van der Waals surface area contributed by atoms with Gasteiger partial charge in [-0.2, -0.15) is 0 Å². The Hall–Kier alpha value is -2.20. The van der Waals surface area contributed by atoms with Gasteiger partial charge in [0, 0.05) is 12.2 Å². The van der Waals surface area contributed by atoms with E-state index in [1.54, 1.807) is 18.2 Å². The van der Waals surface area contributed by atoms with Crippen LogP contribution in [0.15, 0.2) is 42.5 Å². The van der Waals surface area contributed by atoms with Crippen molar-refractivity contribution in [3.63, 3.8) is 0 Å². The molecule has 0 radical (unpaired) electrons. The van der Waals surface area contributed by atoms with Crippen LogP contribution in [-0.4, -0.2) is 12.5 Å². The van der Waals surface area contributed by atoms with E-state index in [9.17, 15) is 9.18 Å². The predicted octanol–water partition coefficient (Wildman–Crippen LogP) is 2.65. The molecule has 0 spiro atoms. The summed E-state index contributed by atoms with van der Waals surface area (Å²) in [5.74, 6) is -0.538. The van der Waals surface area contributed by atoms with Gasteiger partial charge in [0.15, 0.2) is 0 Å². The normalized spacial score (nSPS) is 13.6. The number of amides is 1. The maximum atomic E-state index is 13.6. The van der Waals surface area contributed by atoms with Gasteiger partial charge >= 0.3 is 0 Å². The van der Waals surface area contributed by atoms with E-state index in [0.29, 0.717) is 5.56 Å². The number of halogens is 1. The minimum atomic E-state index is -0.343. The van der Waals surface area contributed by atoms with Crippen LogP contribution < -0.4 is 10.6 Å². The quantitative estimate of drug-likeness (QED) is 0.910. The number of fused-ring (bicyclic) bond motifs is 1. The number of carbonyl (C=O) groups is 1. The SMILES string of the molecule is O=C(Cc1ccccc1F)Nc1cccc2c1CNCC2. The molecule has 0 aromatic heterocycles. The van der Waals surface area contributed by atoms with Gasteiger partial charge in [-0.3, -0.25) is 4.79 Å². The van der Waals surface area contributed by atoms with E-state index in [1.807, 2.05) is 12.1 Å². The van der Waals surface area contributed by atoms with Crippen LogP contribution in [0.4, 0.5) is 10.1 Å². The minimum absolute atomic E-state index is 0.0454. The third-order valence-corrected chi connectivity index (χ3v) is 3.73. The first-order valence-corrected chi connectivity index (χ1v) is 7.09. The molecule has 3 rings (SSSR count). The zero-order valence-electron chi connectivity index (χ0n) is 11.7. The van der Waals surface area contributed by atoms with Gasteiger partial charge in [0.1, 0.15) is 5.82 Å². The van der Waals surface area contributed by atoms with Gasteiger partial charge in [-0.05, 0) is 41.8 Å². The fourth-order valence-electron chi connectivity index (χ4n) is 2.64. The molecule has 0 aliphatic carbocycles. The first-order chi connectivity index (χ1) is 10.2. The third-order valence-electron chi connectivity index (χ3n) is 3.73. The Morgan fingerprint density at radius 2 is 2.05 bits per heavy atom. The highest BCUT2D eigenvalue weighted by molar-refractivity contribution is 5.93. The van der Waals surface area contributed by atoms with Crippen molar-refractivity contribution in [1.82, 2.24) is 5.32 Å². The lowest BCUT2D eigenvalue weighted by atomic mass is 9.99. The van der Waals surface area contributed by atoms with Gasteiger partial charge in [-0.25, -0.2) is 4.39 Å². The minimum Gasteiger partial charge on any atom is -0.325 e. The van der Waals surface area contributed by atoms with Crippen LogP contribution in [0.1, 0.15) is 16.7 Å². The van der Waals surface area contributed by atoms with Crippen LogP contribution in [0.25, 0.3) is 0 Å². The number of hydrogen-bond acceptors (Lipinski definition) is 2. The van der Waals surface area contributed by atoms with Gasteiger partial charge in [0.2, 0.25) is 5.91 Å². The Morgan fingerprint density at radius 3 is 2.90 bits per heavy atom. The molecule has 1 amide bonds. The zero-order valence-corrected chi connectivity index (χ0v) is 11.7. The number of anilines is 1. The predicted molar refractivity (Wildman–Crippen MR) is 80.6 cm³/mol. The van der Waals surface area contributed by atoms with E-state index in [0.717, 1.165) is 30.8 Å². The van der Waals surface area contributed by atoms with Gasteiger partial charge in [-0.15, -0.1) is 0 Å². The van der Waals surface area contributed by atoms with Crippen molar-refractivity contribution in [2.45, 2.75) is 19.4 Å². The second-order valence-corrected chi connectivity index (χ2v) is 5.19. The molecule has 3 nitrogen and oxygen atoms in total. The average molecular weight is 284 g/mol. The van der Waals surface area contributed by atoms with E-state index in [-0.39, 0.29) is 18.1 Å². The van der Waals surface area contributed by atoms with Gasteiger partial charge in [-0.1, -0.05) is 30.3 Å². The highest BCUT2D eigenvalue weighted by atomic mass is 19.1. The van der Waals surface area contributed by atoms with Crippen molar-refractivity contribution in [3.8, 4) is 0 Å². The monoisotopic (exact) mass is 284 g/mol. The van der Waals surface area contributed by atoms with E-state index in [4.69, 9.17) is 0 Å². The van der Waals surface area contributed by atoms with Crippen molar-refractivity contribution in [1.29, 1.82) is 0 Å². The van der Waals surface area contributed by atoms with Gasteiger partial charge in [0.25, 0.3) is 0 Å². The van der Waals surface area contributed by atoms with Crippen molar-refractivity contribution < 1.29 is 9.18 Å². The maximum absolute atomic E-state index is 13.6. The standard InChI is InChI=1S/C17H17FN2O/c18-15-6-2-1-4-13(15)10-17(21)20-16-7-3-5-12-8-9-19-11-14(12)16/h1-7,19H,8-11H2,(H,20,21). The molecule has 2 aromatic rings. The van der Waals surface area contributed by atoms with Crippen LogP contribution in [0.5, 0.6) is 0 Å². The molecular formula is C17H17FN2O. The second kappa shape index (κ2) is 6.06. The van der Waals surface area contributed by atoms with Crippen molar-refractivity contribution >= 4 is 11.6 Å². The molecule has 0 unspecified atom stereocenters. The van der Waals surface area contributed by atoms with Crippen LogP contribution in [0.3, 0.4) is 0 Å². The lowest BCUT2D eigenvalue weighted by Gasteiger charge is -2.20. The molecule has 1 heterocycles. The van der Waals surface area contributed by atoms with E-state index < -0.39 is 0 Å². The summed E-state index contributed by atoms with van der Waals surface area (Å²) in [5.41, 5.74) is 3.63. The Kier molecular flexibility index (Phi) is 3.97. The van der Waals surface area contributed by atoms with Crippen molar-refractivity contribution in [3.05, 3.63) is 65.0 Å². The summed E-state index contributed by atoms with van der Waals surface area (Å²) in [6.07, 6.45) is 1.01. The summed E-state index contributed by atoms with van der Waals surface area (Å²) in [6.45, 7) is 1.71. The molecule has 2 N–H and O–H groups in total. The summed E-state index contributed by atoms with van der Waals surface area (Å²) in [6, 6.07) is 12.3. The molecular weight excluding hydrogens is 267 g/mol.